The molecule has 3 N–H and O–H groups in total. The Hall–Kier alpha value is -1.93. The van der Waals surface area contributed by atoms with Gasteiger partial charge in [-0.25, -0.2) is 5.84 Å². The molecule has 0 aliphatic rings. The van der Waals surface area contributed by atoms with Gasteiger partial charge in [0.25, 0.3) is 0 Å². The van der Waals surface area contributed by atoms with Crippen LogP contribution in [0.15, 0.2) is 17.5 Å². The van der Waals surface area contributed by atoms with Crippen LogP contribution in [0.3, 0.4) is 0 Å². The lowest BCUT2D eigenvalue weighted by Gasteiger charge is -2.07. The molecule has 0 unspecified atom stereocenters. The largest absolute Gasteiger partial charge is 0.463 e. The van der Waals surface area contributed by atoms with Gasteiger partial charge < -0.3 is 9.47 Å². The smallest absolute Gasteiger partial charge is 0.324 e. The predicted octanol–water partition coefficient (Wildman–Crippen LogP) is 1.59. The Kier molecular flexibility index (Phi) is 4.87. The first-order valence-corrected chi connectivity index (χ1v) is 6.70. The summed E-state index contributed by atoms with van der Waals surface area (Å²) in [4.78, 5) is 13.1. The van der Waals surface area contributed by atoms with Crippen molar-refractivity contribution in [2.75, 3.05) is 12.0 Å². The molecule has 2 aromatic rings. The Morgan fingerprint density at radius 2 is 2.05 bits per heavy atom. The van der Waals surface area contributed by atoms with Crippen LogP contribution in [0.25, 0.3) is 0 Å². The summed E-state index contributed by atoms with van der Waals surface area (Å²) < 4.78 is 10.8. The van der Waals surface area contributed by atoms with Crippen molar-refractivity contribution in [3.8, 4) is 12.0 Å². The molecule has 7 nitrogen and oxygen atoms in total. The van der Waals surface area contributed by atoms with Crippen LogP contribution in [-0.4, -0.2) is 21.6 Å². The number of rotatable bonds is 7. The van der Waals surface area contributed by atoms with E-state index in [1.165, 1.54) is 0 Å². The van der Waals surface area contributed by atoms with Crippen LogP contribution in [-0.2, 0) is 6.61 Å². The summed E-state index contributed by atoms with van der Waals surface area (Å²) in [5.74, 6) is 5.51. The van der Waals surface area contributed by atoms with E-state index in [2.05, 4.69) is 20.4 Å². The Balaban J connectivity index is 2.05. The van der Waals surface area contributed by atoms with Gasteiger partial charge in [-0.15, -0.1) is 16.3 Å². The highest BCUT2D eigenvalue weighted by atomic mass is 32.1. The molecule has 0 radical (unpaired) electrons. The van der Waals surface area contributed by atoms with E-state index in [1.807, 2.05) is 24.4 Å². The molecule has 102 valence electrons. The van der Waals surface area contributed by atoms with E-state index < -0.39 is 0 Å². The second kappa shape index (κ2) is 6.86. The Bertz CT molecular complexity index is 506. The van der Waals surface area contributed by atoms with Gasteiger partial charge >= 0.3 is 12.0 Å². The minimum absolute atomic E-state index is 0.183. The maximum Gasteiger partial charge on any atom is 0.324 e. The minimum atomic E-state index is 0.183. The second-order valence-electron chi connectivity index (χ2n) is 3.59. The van der Waals surface area contributed by atoms with Gasteiger partial charge in [0.2, 0.25) is 5.95 Å². The highest BCUT2D eigenvalue weighted by molar-refractivity contribution is 7.09. The SMILES string of the molecule is CCCOc1nc(NN)nc(OCc2cccs2)n1. The van der Waals surface area contributed by atoms with Crippen molar-refractivity contribution in [2.45, 2.75) is 20.0 Å². The zero-order valence-corrected chi connectivity index (χ0v) is 11.3. The molecule has 0 saturated heterocycles. The molecular weight excluding hydrogens is 266 g/mol. The third-order valence-corrected chi connectivity index (χ3v) is 2.93. The van der Waals surface area contributed by atoms with Crippen molar-refractivity contribution in [1.29, 1.82) is 0 Å². The fraction of sp³-hybridized carbons (Fsp3) is 0.364. The number of hydrazine groups is 1. The van der Waals surface area contributed by atoms with Gasteiger partial charge in [-0.05, 0) is 17.9 Å². The van der Waals surface area contributed by atoms with Crippen molar-refractivity contribution in [1.82, 2.24) is 15.0 Å². The average Bonchev–Trinajstić information content (AvgIpc) is 2.96. The van der Waals surface area contributed by atoms with Crippen molar-refractivity contribution in [3.05, 3.63) is 22.4 Å². The van der Waals surface area contributed by atoms with Gasteiger partial charge in [0.15, 0.2) is 0 Å². The van der Waals surface area contributed by atoms with E-state index in [9.17, 15) is 0 Å². The van der Waals surface area contributed by atoms with Crippen LogP contribution in [0, 0.1) is 0 Å². The molecule has 0 aromatic carbocycles. The summed E-state index contributed by atoms with van der Waals surface area (Å²) in [6.45, 7) is 2.93. The standard InChI is InChI=1S/C11H15N5O2S/c1-2-5-17-10-13-9(16-12)14-11(15-10)18-7-8-4-3-6-19-8/h3-4,6H,2,5,7,12H2,1H3,(H,13,14,15,16). The monoisotopic (exact) mass is 281 g/mol. The first-order valence-electron chi connectivity index (χ1n) is 5.82. The lowest BCUT2D eigenvalue weighted by Crippen LogP contribution is -2.13. The quantitative estimate of drug-likeness (QED) is 0.587. The summed E-state index contributed by atoms with van der Waals surface area (Å²) in [6.07, 6.45) is 0.864. The van der Waals surface area contributed by atoms with Crippen molar-refractivity contribution < 1.29 is 9.47 Å². The number of nitrogen functional groups attached to an aromatic ring is 1. The van der Waals surface area contributed by atoms with Gasteiger partial charge in [0.1, 0.15) is 6.61 Å². The van der Waals surface area contributed by atoms with Gasteiger partial charge in [-0.2, -0.15) is 9.97 Å². The number of nitrogens with one attached hydrogen (secondary N) is 1. The van der Waals surface area contributed by atoms with E-state index in [0.29, 0.717) is 13.2 Å². The lowest BCUT2D eigenvalue weighted by atomic mass is 10.5. The van der Waals surface area contributed by atoms with E-state index in [-0.39, 0.29) is 18.0 Å². The van der Waals surface area contributed by atoms with Crippen LogP contribution in [0.2, 0.25) is 0 Å². The van der Waals surface area contributed by atoms with Crippen LogP contribution in [0.4, 0.5) is 5.95 Å². The fourth-order valence-electron chi connectivity index (χ4n) is 1.26. The first kappa shape index (κ1) is 13.5. The summed E-state index contributed by atoms with van der Waals surface area (Å²) in [5, 5.41) is 1.98. The molecule has 8 heteroatoms. The molecule has 0 spiro atoms. The zero-order valence-electron chi connectivity index (χ0n) is 10.5. The Morgan fingerprint density at radius 3 is 2.68 bits per heavy atom. The van der Waals surface area contributed by atoms with Gasteiger partial charge in [0, 0.05) is 4.88 Å². The van der Waals surface area contributed by atoms with Crippen molar-refractivity contribution in [2.24, 2.45) is 5.84 Å². The van der Waals surface area contributed by atoms with Crippen LogP contribution >= 0.6 is 11.3 Å². The van der Waals surface area contributed by atoms with E-state index in [1.54, 1.807) is 11.3 Å². The molecule has 0 aliphatic heterocycles. The Labute approximate surface area is 114 Å². The zero-order chi connectivity index (χ0) is 13.5. The van der Waals surface area contributed by atoms with E-state index in [0.717, 1.165) is 11.3 Å². The summed E-state index contributed by atoms with van der Waals surface area (Å²) >= 11 is 1.60. The number of nitrogens with zero attached hydrogens (tertiary/aromatic N) is 3. The molecule has 2 heterocycles. The maximum absolute atomic E-state index is 5.49. The highest BCUT2D eigenvalue weighted by Gasteiger charge is 2.08. The van der Waals surface area contributed by atoms with Crippen molar-refractivity contribution >= 4 is 17.3 Å². The summed E-state index contributed by atoms with van der Waals surface area (Å²) in [5.41, 5.74) is 2.36. The van der Waals surface area contributed by atoms with E-state index in [4.69, 9.17) is 15.3 Å². The van der Waals surface area contributed by atoms with Crippen LogP contribution in [0.5, 0.6) is 12.0 Å². The molecule has 0 bridgehead atoms. The van der Waals surface area contributed by atoms with Crippen molar-refractivity contribution in [3.63, 3.8) is 0 Å². The van der Waals surface area contributed by atoms with E-state index >= 15 is 0 Å². The molecule has 2 rings (SSSR count). The molecule has 0 amide bonds. The number of hydrogen-bond donors (Lipinski definition) is 2. The minimum Gasteiger partial charge on any atom is -0.463 e. The third kappa shape index (κ3) is 4.04. The molecule has 0 atom stereocenters. The second-order valence-corrected chi connectivity index (χ2v) is 4.62. The average molecular weight is 281 g/mol. The number of anilines is 1. The Morgan fingerprint density at radius 1 is 1.26 bits per heavy atom. The molecule has 2 aromatic heterocycles. The topological polar surface area (TPSA) is 95.2 Å². The third-order valence-electron chi connectivity index (χ3n) is 2.08. The molecule has 19 heavy (non-hydrogen) atoms. The first-order chi connectivity index (χ1) is 9.31. The molecule has 0 fully saturated rings. The normalized spacial score (nSPS) is 10.2. The number of nitrogens with two attached hydrogens (primary N) is 1. The van der Waals surface area contributed by atoms with Gasteiger partial charge in [-0.3, -0.25) is 5.43 Å². The number of thiophene rings is 1. The lowest BCUT2D eigenvalue weighted by molar-refractivity contribution is 0.257. The van der Waals surface area contributed by atoms with Crippen LogP contribution < -0.4 is 20.7 Å². The molecular formula is C11H15N5O2S. The summed E-state index contributed by atoms with van der Waals surface area (Å²) in [7, 11) is 0. The van der Waals surface area contributed by atoms with Gasteiger partial charge in [-0.1, -0.05) is 13.0 Å². The molecule has 0 aliphatic carbocycles. The van der Waals surface area contributed by atoms with Gasteiger partial charge in [0.05, 0.1) is 6.61 Å². The predicted molar refractivity (Wildman–Crippen MR) is 72.1 cm³/mol. The number of ether oxygens (including phenoxy) is 2. The molecule has 0 saturated carbocycles. The number of aromatic nitrogens is 3. The highest BCUT2D eigenvalue weighted by Crippen LogP contribution is 2.15. The van der Waals surface area contributed by atoms with Crippen LogP contribution in [0.1, 0.15) is 18.2 Å². The maximum atomic E-state index is 5.49. The fourth-order valence-corrected chi connectivity index (χ4v) is 1.87. The summed E-state index contributed by atoms with van der Waals surface area (Å²) in [6, 6.07) is 4.32. The number of hydrogen-bond acceptors (Lipinski definition) is 8.